The van der Waals surface area contributed by atoms with Crippen LogP contribution in [0.5, 0.6) is 0 Å². The van der Waals surface area contributed by atoms with Gasteiger partial charge in [0.25, 0.3) is 0 Å². The molecule has 2 aliphatic rings. The van der Waals surface area contributed by atoms with Gasteiger partial charge in [-0.15, -0.1) is 0 Å². The van der Waals surface area contributed by atoms with Crippen molar-refractivity contribution >= 4 is 5.91 Å². The Bertz CT molecular complexity index is 367. The Morgan fingerprint density at radius 3 is 3.00 bits per heavy atom. The van der Waals surface area contributed by atoms with E-state index in [0.717, 1.165) is 32.4 Å². The number of carbonyl (C=O) groups is 1. The second kappa shape index (κ2) is 7.23. The third kappa shape index (κ3) is 4.60. The summed E-state index contributed by atoms with van der Waals surface area (Å²) < 4.78 is 0. The van der Waals surface area contributed by atoms with Gasteiger partial charge in [0.15, 0.2) is 0 Å². The van der Waals surface area contributed by atoms with Crippen LogP contribution in [0.4, 0.5) is 0 Å². The molecule has 0 spiro atoms. The molecule has 0 saturated carbocycles. The first-order chi connectivity index (χ1) is 9.61. The average Bonchev–Trinajstić information content (AvgIpc) is 2.46. The van der Waals surface area contributed by atoms with Crippen LogP contribution in [0.15, 0.2) is 11.6 Å². The molecule has 114 valence electrons. The predicted octanol–water partition coefficient (Wildman–Crippen LogP) is 1.84. The first-order valence-electron chi connectivity index (χ1n) is 7.94. The van der Waals surface area contributed by atoms with Crippen molar-refractivity contribution in [2.45, 2.75) is 57.0 Å². The number of allylic oxidation sites excluding steroid dienone is 1. The van der Waals surface area contributed by atoms with Gasteiger partial charge in [-0.25, -0.2) is 0 Å². The first kappa shape index (κ1) is 15.5. The normalized spacial score (nSPS) is 28.0. The van der Waals surface area contributed by atoms with Crippen LogP contribution in [0.3, 0.4) is 0 Å². The number of hydrogen-bond donors (Lipinski definition) is 2. The molecule has 1 heterocycles. The third-order valence-corrected chi connectivity index (χ3v) is 4.54. The van der Waals surface area contributed by atoms with E-state index in [-0.39, 0.29) is 12.3 Å². The zero-order chi connectivity index (χ0) is 14.4. The molecule has 4 nitrogen and oxygen atoms in total. The number of likely N-dealkylation sites (tertiary alicyclic amines) is 1. The number of nitrogens with zero attached hydrogens (tertiary/aromatic N) is 1. The number of carbonyl (C=O) groups excluding carboxylic acids is 1. The van der Waals surface area contributed by atoms with E-state index < -0.39 is 5.60 Å². The number of piperidine rings is 1. The fourth-order valence-electron chi connectivity index (χ4n) is 3.36. The maximum atomic E-state index is 11.5. The van der Waals surface area contributed by atoms with E-state index in [4.69, 9.17) is 0 Å². The van der Waals surface area contributed by atoms with Crippen molar-refractivity contribution in [3.05, 3.63) is 11.6 Å². The highest BCUT2D eigenvalue weighted by Crippen LogP contribution is 2.26. The van der Waals surface area contributed by atoms with Gasteiger partial charge in [0.1, 0.15) is 0 Å². The van der Waals surface area contributed by atoms with Crippen LogP contribution in [0, 0.1) is 0 Å². The van der Waals surface area contributed by atoms with Crippen molar-refractivity contribution in [2.24, 2.45) is 0 Å². The summed E-state index contributed by atoms with van der Waals surface area (Å²) in [6, 6.07) is 0. The zero-order valence-electron chi connectivity index (χ0n) is 12.7. The number of nitrogens with one attached hydrogen (secondary N) is 1. The van der Waals surface area contributed by atoms with E-state index >= 15 is 0 Å². The van der Waals surface area contributed by atoms with Crippen LogP contribution in [0.2, 0.25) is 0 Å². The molecule has 1 fully saturated rings. The average molecular weight is 280 g/mol. The van der Waals surface area contributed by atoms with Crippen molar-refractivity contribution in [3.8, 4) is 0 Å². The highest BCUT2D eigenvalue weighted by atomic mass is 16.3. The lowest BCUT2D eigenvalue weighted by Crippen LogP contribution is -2.50. The lowest BCUT2D eigenvalue weighted by atomic mass is 9.88. The maximum Gasteiger partial charge on any atom is 0.222 e. The van der Waals surface area contributed by atoms with E-state index in [2.05, 4.69) is 16.3 Å². The van der Waals surface area contributed by atoms with E-state index in [1.54, 1.807) is 12.6 Å². The molecule has 4 heteroatoms. The lowest BCUT2D eigenvalue weighted by Gasteiger charge is -2.39. The first-order valence-corrected chi connectivity index (χ1v) is 7.94. The molecular weight excluding hydrogens is 252 g/mol. The van der Waals surface area contributed by atoms with Crippen molar-refractivity contribution < 1.29 is 9.90 Å². The fraction of sp³-hybridized carbons (Fsp3) is 0.812. The van der Waals surface area contributed by atoms with Crippen LogP contribution in [0.1, 0.15) is 51.4 Å². The summed E-state index contributed by atoms with van der Waals surface area (Å²) in [6.45, 7) is 2.69. The Labute approximate surface area is 122 Å². The maximum absolute atomic E-state index is 11.5. The van der Waals surface area contributed by atoms with Crippen molar-refractivity contribution in [2.75, 3.05) is 26.7 Å². The minimum absolute atomic E-state index is 0.0654. The Hall–Kier alpha value is -0.870. The van der Waals surface area contributed by atoms with Crippen LogP contribution in [-0.2, 0) is 4.79 Å². The SMILES string of the molecule is CNC(=O)CC1(O)CCCN(CCC2=CCCCC2)C1. The third-order valence-electron chi connectivity index (χ3n) is 4.54. The topological polar surface area (TPSA) is 52.6 Å². The molecule has 1 saturated heterocycles. The Kier molecular flexibility index (Phi) is 5.61. The van der Waals surface area contributed by atoms with Gasteiger partial charge in [0, 0.05) is 20.1 Å². The summed E-state index contributed by atoms with van der Waals surface area (Å²) in [7, 11) is 1.63. The summed E-state index contributed by atoms with van der Waals surface area (Å²) in [6.07, 6.45) is 10.6. The van der Waals surface area contributed by atoms with Gasteiger partial charge < -0.3 is 15.3 Å². The number of rotatable bonds is 5. The van der Waals surface area contributed by atoms with E-state index in [9.17, 15) is 9.90 Å². The summed E-state index contributed by atoms with van der Waals surface area (Å²) in [5.41, 5.74) is 0.746. The molecule has 1 aliphatic carbocycles. The molecule has 0 aromatic heterocycles. The smallest absolute Gasteiger partial charge is 0.222 e. The molecule has 20 heavy (non-hydrogen) atoms. The largest absolute Gasteiger partial charge is 0.388 e. The number of amides is 1. The molecule has 1 unspecified atom stereocenters. The minimum Gasteiger partial charge on any atom is -0.388 e. The standard InChI is InChI=1S/C16H28N2O2/c1-17-15(19)12-16(20)9-5-10-18(13-16)11-8-14-6-3-2-4-7-14/h6,20H,2-5,7-13H2,1H3,(H,17,19). The molecule has 1 aliphatic heterocycles. The van der Waals surface area contributed by atoms with Crippen molar-refractivity contribution in [3.63, 3.8) is 0 Å². The molecule has 0 aromatic rings. The summed E-state index contributed by atoms with van der Waals surface area (Å²) >= 11 is 0. The molecule has 0 radical (unpaired) electrons. The van der Waals surface area contributed by atoms with Crippen LogP contribution >= 0.6 is 0 Å². The van der Waals surface area contributed by atoms with Gasteiger partial charge in [0.05, 0.1) is 12.0 Å². The summed E-state index contributed by atoms with van der Waals surface area (Å²) in [4.78, 5) is 13.8. The fourth-order valence-corrected chi connectivity index (χ4v) is 3.36. The van der Waals surface area contributed by atoms with Gasteiger partial charge in [-0.2, -0.15) is 0 Å². The van der Waals surface area contributed by atoms with E-state index in [1.807, 2.05) is 0 Å². The monoisotopic (exact) mass is 280 g/mol. The molecule has 1 atom stereocenters. The molecule has 2 N–H and O–H groups in total. The quantitative estimate of drug-likeness (QED) is 0.756. The highest BCUT2D eigenvalue weighted by Gasteiger charge is 2.34. The zero-order valence-corrected chi connectivity index (χ0v) is 12.7. The molecule has 0 bridgehead atoms. The van der Waals surface area contributed by atoms with E-state index in [1.165, 1.54) is 25.7 Å². The lowest BCUT2D eigenvalue weighted by molar-refractivity contribution is -0.128. The van der Waals surface area contributed by atoms with Crippen LogP contribution < -0.4 is 5.32 Å². The van der Waals surface area contributed by atoms with Gasteiger partial charge in [0.2, 0.25) is 5.91 Å². The summed E-state index contributed by atoms with van der Waals surface area (Å²) in [5.74, 6) is -0.0654. The second-order valence-electron chi connectivity index (χ2n) is 6.31. The van der Waals surface area contributed by atoms with Crippen molar-refractivity contribution in [1.82, 2.24) is 10.2 Å². The van der Waals surface area contributed by atoms with Gasteiger partial charge in [-0.05, 0) is 51.5 Å². The summed E-state index contributed by atoms with van der Waals surface area (Å²) in [5, 5.41) is 13.2. The Morgan fingerprint density at radius 1 is 1.45 bits per heavy atom. The van der Waals surface area contributed by atoms with Crippen LogP contribution in [-0.4, -0.2) is 48.2 Å². The van der Waals surface area contributed by atoms with E-state index in [0.29, 0.717) is 6.54 Å². The molecule has 2 rings (SSSR count). The van der Waals surface area contributed by atoms with Crippen LogP contribution in [0.25, 0.3) is 0 Å². The number of aliphatic hydroxyl groups is 1. The van der Waals surface area contributed by atoms with Crippen molar-refractivity contribution in [1.29, 1.82) is 0 Å². The predicted molar refractivity (Wildman–Crippen MR) is 80.5 cm³/mol. The molecule has 0 aromatic carbocycles. The van der Waals surface area contributed by atoms with Gasteiger partial charge >= 0.3 is 0 Å². The Balaban J connectivity index is 1.80. The Morgan fingerprint density at radius 2 is 2.30 bits per heavy atom. The molecular formula is C16H28N2O2. The van der Waals surface area contributed by atoms with Gasteiger partial charge in [-0.3, -0.25) is 4.79 Å². The van der Waals surface area contributed by atoms with Gasteiger partial charge in [-0.1, -0.05) is 11.6 Å². The number of β-amino-alcohol motifs (C(OH)–C–C–N with tert-alkyl or cyclic N) is 1. The minimum atomic E-state index is -0.834. The second-order valence-corrected chi connectivity index (χ2v) is 6.31. The molecule has 1 amide bonds. The highest BCUT2D eigenvalue weighted by molar-refractivity contribution is 5.76. The number of hydrogen-bond acceptors (Lipinski definition) is 3.